The van der Waals surface area contributed by atoms with Crippen molar-refractivity contribution in [3.05, 3.63) is 65.7 Å². The molecule has 0 N–H and O–H groups in total. The van der Waals surface area contributed by atoms with E-state index in [1.807, 2.05) is 40.1 Å². The minimum atomic E-state index is -3.73. The number of nitrogens with zero attached hydrogens (tertiary/aromatic N) is 3. The van der Waals surface area contributed by atoms with Crippen LogP contribution in [0.15, 0.2) is 63.9 Å². The van der Waals surface area contributed by atoms with Gasteiger partial charge >= 0.3 is 0 Å². The Hall–Kier alpha value is -3.00. The number of carbonyl (C=O) groups excluding carboxylic acids is 2. The summed E-state index contributed by atoms with van der Waals surface area (Å²) < 4.78 is 29.0. The smallest absolute Gasteiger partial charge is 0.285 e. The van der Waals surface area contributed by atoms with Crippen molar-refractivity contribution >= 4 is 27.5 Å². The Morgan fingerprint density at radius 2 is 1.56 bits per heavy atom. The summed E-state index contributed by atoms with van der Waals surface area (Å²) >= 11 is 0. The summed E-state index contributed by atoms with van der Waals surface area (Å²) in [5, 5.41) is 0. The molecule has 3 heterocycles. The van der Waals surface area contributed by atoms with E-state index in [0.29, 0.717) is 50.3 Å². The van der Waals surface area contributed by atoms with Gasteiger partial charge in [-0.3, -0.25) is 9.59 Å². The van der Waals surface area contributed by atoms with Gasteiger partial charge in [0.2, 0.25) is 5.91 Å². The maximum atomic E-state index is 13.4. The van der Waals surface area contributed by atoms with Gasteiger partial charge in [-0.15, -0.1) is 4.40 Å². The summed E-state index contributed by atoms with van der Waals surface area (Å²) in [4.78, 5) is 30.0. The number of ketones is 1. The van der Waals surface area contributed by atoms with E-state index >= 15 is 0 Å². The molecule has 7 nitrogen and oxygen atoms in total. The maximum absolute atomic E-state index is 13.4. The van der Waals surface area contributed by atoms with Crippen LogP contribution in [0.4, 0.5) is 0 Å². The first kappa shape index (κ1) is 20.9. The SMILES string of the molecule is O=C(c1ccccc1)C1CCN(C(=O)[C@@H]2CCCN2C2=NS(=O)(=O)c3ccccc32)CC1. The number of carbonyl (C=O) groups is 2. The molecule has 3 aliphatic rings. The molecule has 0 unspecified atom stereocenters. The summed E-state index contributed by atoms with van der Waals surface area (Å²) in [6.45, 7) is 1.67. The first-order valence-electron chi connectivity index (χ1n) is 11.0. The molecule has 2 aromatic rings. The van der Waals surface area contributed by atoms with Crippen molar-refractivity contribution in [1.82, 2.24) is 9.80 Å². The molecule has 0 bridgehead atoms. The van der Waals surface area contributed by atoms with Crippen LogP contribution in [0.3, 0.4) is 0 Å². The Bertz CT molecular complexity index is 1180. The molecule has 0 aliphatic carbocycles. The third-order valence-corrected chi connectivity index (χ3v) is 7.98. The van der Waals surface area contributed by atoms with Gasteiger partial charge in [-0.25, -0.2) is 0 Å². The second-order valence-corrected chi connectivity index (χ2v) is 10.1. The fourth-order valence-corrected chi connectivity index (χ4v) is 6.20. The van der Waals surface area contributed by atoms with E-state index in [0.717, 1.165) is 12.0 Å². The second-order valence-electron chi connectivity index (χ2n) is 8.57. The number of likely N-dealkylation sites (tertiary alicyclic amines) is 2. The first-order valence-corrected chi connectivity index (χ1v) is 12.5. The van der Waals surface area contributed by atoms with Crippen LogP contribution in [0.2, 0.25) is 0 Å². The highest BCUT2D eigenvalue weighted by molar-refractivity contribution is 7.90. The van der Waals surface area contributed by atoms with Crippen LogP contribution in [0.5, 0.6) is 0 Å². The van der Waals surface area contributed by atoms with Crippen molar-refractivity contribution in [2.24, 2.45) is 10.3 Å². The molecule has 0 radical (unpaired) electrons. The Morgan fingerprint density at radius 1 is 0.875 bits per heavy atom. The lowest BCUT2D eigenvalue weighted by molar-refractivity contribution is -0.136. The van der Waals surface area contributed by atoms with Gasteiger partial charge in [0, 0.05) is 36.7 Å². The predicted octanol–water partition coefficient (Wildman–Crippen LogP) is 2.72. The molecule has 2 fully saturated rings. The number of Topliss-reactive ketones (excluding diaryl/α,β-unsaturated/α-hetero) is 1. The molecule has 2 saturated heterocycles. The zero-order valence-electron chi connectivity index (χ0n) is 17.7. The Morgan fingerprint density at radius 3 is 2.31 bits per heavy atom. The van der Waals surface area contributed by atoms with Crippen molar-refractivity contribution in [3.63, 3.8) is 0 Å². The van der Waals surface area contributed by atoms with Crippen LogP contribution in [-0.4, -0.2) is 61.4 Å². The number of benzene rings is 2. The molecule has 8 heteroatoms. The van der Waals surface area contributed by atoms with E-state index in [1.165, 1.54) is 0 Å². The van der Waals surface area contributed by atoms with Crippen LogP contribution >= 0.6 is 0 Å². The van der Waals surface area contributed by atoms with Crippen LogP contribution in [0.1, 0.15) is 41.6 Å². The molecule has 0 spiro atoms. The minimum absolute atomic E-state index is 0.00223. The standard InChI is InChI=1S/C24H25N3O4S/c28-22(17-7-2-1-3-8-17)18-12-15-26(16-13-18)24(29)20-10-6-14-27(20)23-19-9-4-5-11-21(19)32(30,31)25-23/h1-5,7-9,11,18,20H,6,10,12-16H2/t20-/m0/s1. The molecule has 166 valence electrons. The normalized spacial score (nSPS) is 22.5. The average Bonchev–Trinajstić information content (AvgIpc) is 3.41. The number of sulfonamides is 1. The first-order chi connectivity index (χ1) is 15.5. The summed E-state index contributed by atoms with van der Waals surface area (Å²) in [6, 6.07) is 15.7. The van der Waals surface area contributed by atoms with Gasteiger partial charge in [-0.1, -0.05) is 42.5 Å². The van der Waals surface area contributed by atoms with E-state index in [-0.39, 0.29) is 22.5 Å². The number of piperidine rings is 1. The molecule has 1 amide bonds. The third kappa shape index (κ3) is 3.62. The number of amidine groups is 1. The van der Waals surface area contributed by atoms with Gasteiger partial charge < -0.3 is 9.80 Å². The molecule has 32 heavy (non-hydrogen) atoms. The van der Waals surface area contributed by atoms with Gasteiger partial charge in [-0.05, 0) is 37.8 Å². The van der Waals surface area contributed by atoms with Crippen molar-refractivity contribution in [3.8, 4) is 0 Å². The number of hydrogen-bond donors (Lipinski definition) is 0. The number of hydrogen-bond acceptors (Lipinski definition) is 5. The van der Waals surface area contributed by atoms with E-state index < -0.39 is 16.1 Å². The minimum Gasteiger partial charge on any atom is -0.343 e. The van der Waals surface area contributed by atoms with Gasteiger partial charge in [-0.2, -0.15) is 8.42 Å². The second kappa shape index (κ2) is 8.16. The van der Waals surface area contributed by atoms with E-state index in [9.17, 15) is 18.0 Å². The highest BCUT2D eigenvalue weighted by Gasteiger charge is 2.41. The molecular formula is C24H25N3O4S. The zero-order valence-corrected chi connectivity index (χ0v) is 18.5. The Kier molecular flexibility index (Phi) is 5.33. The fraction of sp³-hybridized carbons (Fsp3) is 0.375. The lowest BCUT2D eigenvalue weighted by atomic mass is 9.88. The van der Waals surface area contributed by atoms with Crippen LogP contribution in [0, 0.1) is 5.92 Å². The molecular weight excluding hydrogens is 426 g/mol. The van der Waals surface area contributed by atoms with Gasteiger partial charge in [0.1, 0.15) is 10.9 Å². The molecule has 0 aromatic heterocycles. The van der Waals surface area contributed by atoms with E-state index in [4.69, 9.17) is 0 Å². The summed E-state index contributed by atoms with van der Waals surface area (Å²) in [5.41, 5.74) is 1.29. The molecule has 3 aliphatic heterocycles. The van der Waals surface area contributed by atoms with Gasteiger partial charge in [0.05, 0.1) is 0 Å². The average molecular weight is 452 g/mol. The van der Waals surface area contributed by atoms with Crippen LogP contribution < -0.4 is 0 Å². The van der Waals surface area contributed by atoms with Crippen molar-refractivity contribution in [1.29, 1.82) is 0 Å². The Labute approximate surface area is 187 Å². The maximum Gasteiger partial charge on any atom is 0.285 e. The number of fused-ring (bicyclic) bond motifs is 1. The molecule has 1 atom stereocenters. The lowest BCUT2D eigenvalue weighted by Crippen LogP contribution is -2.50. The van der Waals surface area contributed by atoms with E-state index in [2.05, 4.69) is 4.40 Å². The van der Waals surface area contributed by atoms with E-state index in [1.54, 1.807) is 24.3 Å². The van der Waals surface area contributed by atoms with Crippen molar-refractivity contribution in [2.45, 2.75) is 36.6 Å². The fourth-order valence-electron chi connectivity index (χ4n) is 4.98. The van der Waals surface area contributed by atoms with Gasteiger partial charge in [0.25, 0.3) is 10.0 Å². The molecule has 0 saturated carbocycles. The zero-order chi connectivity index (χ0) is 22.3. The van der Waals surface area contributed by atoms with Crippen LogP contribution in [0.25, 0.3) is 0 Å². The third-order valence-electron chi connectivity index (χ3n) is 6.66. The monoisotopic (exact) mass is 451 g/mol. The predicted molar refractivity (Wildman–Crippen MR) is 120 cm³/mol. The number of rotatable bonds is 3. The molecule has 5 rings (SSSR count). The quantitative estimate of drug-likeness (QED) is 0.670. The molecule has 2 aromatic carbocycles. The highest BCUT2D eigenvalue weighted by Crippen LogP contribution is 2.32. The van der Waals surface area contributed by atoms with Crippen molar-refractivity contribution in [2.75, 3.05) is 19.6 Å². The van der Waals surface area contributed by atoms with Gasteiger partial charge in [0.15, 0.2) is 11.6 Å². The summed E-state index contributed by atoms with van der Waals surface area (Å²) in [7, 11) is -3.73. The van der Waals surface area contributed by atoms with Crippen LogP contribution in [-0.2, 0) is 14.8 Å². The van der Waals surface area contributed by atoms with Crippen molar-refractivity contribution < 1.29 is 18.0 Å². The Balaban J connectivity index is 1.29. The highest BCUT2D eigenvalue weighted by atomic mass is 32.2. The topological polar surface area (TPSA) is 87.1 Å². The number of amides is 1. The largest absolute Gasteiger partial charge is 0.343 e. The summed E-state index contributed by atoms with van der Waals surface area (Å²) in [5.74, 6) is 0.447. The lowest BCUT2D eigenvalue weighted by Gasteiger charge is -2.35. The summed E-state index contributed by atoms with van der Waals surface area (Å²) in [6.07, 6.45) is 2.76.